The Morgan fingerprint density at radius 2 is 2.56 bits per heavy atom. The van der Waals surface area contributed by atoms with E-state index >= 15 is 0 Å². The van der Waals surface area contributed by atoms with Gasteiger partial charge in [-0.1, -0.05) is 6.92 Å². The second kappa shape index (κ2) is 3.15. The van der Waals surface area contributed by atoms with E-state index in [-0.39, 0.29) is 6.23 Å². The number of nitrogens with one attached hydrogen (secondary N) is 2. The van der Waals surface area contributed by atoms with Crippen LogP contribution in [-0.4, -0.2) is 30.5 Å². The third-order valence-corrected chi connectivity index (χ3v) is 1.42. The minimum Gasteiger partial charge on any atom is -0.377 e. The van der Waals surface area contributed by atoms with E-state index in [1.165, 1.54) is 0 Å². The Balaban J connectivity index is 1.96. The van der Waals surface area contributed by atoms with Gasteiger partial charge in [0.15, 0.2) is 0 Å². The van der Waals surface area contributed by atoms with Crippen LogP contribution in [0.25, 0.3) is 0 Å². The van der Waals surface area contributed by atoms with Gasteiger partial charge in [0.25, 0.3) is 0 Å². The maximum Gasteiger partial charge on any atom is 0.121 e. The van der Waals surface area contributed by atoms with Gasteiger partial charge in [0, 0.05) is 6.54 Å². The molecule has 3 N–H and O–H groups in total. The Morgan fingerprint density at radius 1 is 1.89 bits per heavy atom. The van der Waals surface area contributed by atoms with Crippen LogP contribution in [0.2, 0.25) is 0 Å². The van der Waals surface area contributed by atoms with Crippen LogP contribution in [-0.2, 0) is 0 Å². The van der Waals surface area contributed by atoms with Crippen LogP contribution < -0.4 is 10.6 Å². The zero-order chi connectivity index (χ0) is 6.69. The van der Waals surface area contributed by atoms with E-state index in [1.54, 1.807) is 0 Å². The Morgan fingerprint density at radius 3 is 3.00 bits per heavy atom. The topological polar surface area (TPSA) is 54.2 Å². The minimum atomic E-state index is -0.329. The Labute approximate surface area is 55.5 Å². The molecule has 2 unspecified atom stereocenters. The third kappa shape index (κ3) is 2.30. The summed E-state index contributed by atoms with van der Waals surface area (Å²) in [6.45, 7) is 3.94. The van der Waals surface area contributed by atoms with Crippen LogP contribution in [0.4, 0.5) is 0 Å². The first-order valence-electron chi connectivity index (χ1n) is 3.49. The normalized spacial score (nSPS) is 28.0. The number of hydrogen-bond acceptors (Lipinski definition) is 3. The lowest BCUT2D eigenvalue weighted by Gasteiger charge is -2.08. The molecule has 0 amide bonds. The largest absolute Gasteiger partial charge is 0.377 e. The standard InChI is InChI=1S/C6H14N2O/c1-2-3-7-6(9)5-4-8-5/h5-9H,2-4H2,1H3. The van der Waals surface area contributed by atoms with Gasteiger partial charge in [0.05, 0.1) is 6.04 Å². The number of aliphatic hydroxyl groups excluding tert-OH is 1. The molecule has 3 heteroatoms. The molecule has 0 spiro atoms. The molecule has 9 heavy (non-hydrogen) atoms. The van der Waals surface area contributed by atoms with Gasteiger partial charge in [-0.2, -0.15) is 0 Å². The van der Waals surface area contributed by atoms with Crippen molar-refractivity contribution in [3.05, 3.63) is 0 Å². The van der Waals surface area contributed by atoms with Crippen LogP contribution in [0.3, 0.4) is 0 Å². The van der Waals surface area contributed by atoms with Crippen molar-refractivity contribution in [2.45, 2.75) is 25.6 Å². The van der Waals surface area contributed by atoms with Crippen molar-refractivity contribution in [3.8, 4) is 0 Å². The Kier molecular flexibility index (Phi) is 2.45. The third-order valence-electron chi connectivity index (χ3n) is 1.42. The molecule has 0 aliphatic carbocycles. The van der Waals surface area contributed by atoms with Crippen molar-refractivity contribution in [2.24, 2.45) is 0 Å². The Bertz CT molecular complexity index is 83.1. The lowest BCUT2D eigenvalue weighted by atomic mass is 10.4. The van der Waals surface area contributed by atoms with Gasteiger partial charge in [0.1, 0.15) is 6.23 Å². The van der Waals surface area contributed by atoms with Crippen LogP contribution in [0.1, 0.15) is 13.3 Å². The lowest BCUT2D eigenvalue weighted by molar-refractivity contribution is 0.136. The molecule has 0 saturated carbocycles. The van der Waals surface area contributed by atoms with Gasteiger partial charge >= 0.3 is 0 Å². The van der Waals surface area contributed by atoms with E-state index in [9.17, 15) is 0 Å². The highest BCUT2D eigenvalue weighted by Gasteiger charge is 2.27. The molecular formula is C6H14N2O. The highest BCUT2D eigenvalue weighted by Crippen LogP contribution is 1.99. The van der Waals surface area contributed by atoms with E-state index < -0.39 is 0 Å². The molecule has 1 fully saturated rings. The van der Waals surface area contributed by atoms with Crippen molar-refractivity contribution in [1.82, 2.24) is 10.6 Å². The first-order valence-corrected chi connectivity index (χ1v) is 3.49. The summed E-state index contributed by atoms with van der Waals surface area (Å²) < 4.78 is 0. The van der Waals surface area contributed by atoms with Crippen molar-refractivity contribution >= 4 is 0 Å². The molecule has 0 aromatic rings. The highest BCUT2D eigenvalue weighted by molar-refractivity contribution is 4.88. The number of hydrogen-bond donors (Lipinski definition) is 3. The van der Waals surface area contributed by atoms with Gasteiger partial charge in [-0.15, -0.1) is 0 Å². The Hall–Kier alpha value is -0.120. The first-order chi connectivity index (χ1) is 4.34. The van der Waals surface area contributed by atoms with Crippen molar-refractivity contribution < 1.29 is 5.11 Å². The molecule has 1 heterocycles. The van der Waals surface area contributed by atoms with Gasteiger partial charge in [-0.3, -0.25) is 5.32 Å². The molecule has 1 saturated heterocycles. The minimum absolute atomic E-state index is 0.316. The monoisotopic (exact) mass is 130 g/mol. The number of rotatable bonds is 4. The summed E-state index contributed by atoms with van der Waals surface area (Å²) in [5.74, 6) is 0. The molecule has 2 atom stereocenters. The summed E-state index contributed by atoms with van der Waals surface area (Å²) in [6, 6.07) is 0.316. The molecule has 0 bridgehead atoms. The van der Waals surface area contributed by atoms with Crippen LogP contribution in [0.15, 0.2) is 0 Å². The molecule has 1 aliphatic rings. The average molecular weight is 130 g/mol. The maximum atomic E-state index is 9.15. The zero-order valence-electron chi connectivity index (χ0n) is 5.72. The summed E-state index contributed by atoms with van der Waals surface area (Å²) >= 11 is 0. The highest BCUT2D eigenvalue weighted by atomic mass is 16.3. The molecule has 3 nitrogen and oxygen atoms in total. The van der Waals surface area contributed by atoms with E-state index in [1.807, 2.05) is 0 Å². The lowest BCUT2D eigenvalue weighted by Crippen LogP contribution is -2.35. The molecule has 0 aromatic heterocycles. The molecule has 1 rings (SSSR count). The summed E-state index contributed by atoms with van der Waals surface area (Å²) in [7, 11) is 0. The fourth-order valence-electron chi connectivity index (χ4n) is 0.726. The maximum absolute atomic E-state index is 9.15. The molecule has 0 aromatic carbocycles. The van der Waals surface area contributed by atoms with E-state index in [0.29, 0.717) is 6.04 Å². The summed E-state index contributed by atoms with van der Waals surface area (Å²) in [4.78, 5) is 0. The fourth-order valence-corrected chi connectivity index (χ4v) is 0.726. The second-order valence-corrected chi connectivity index (χ2v) is 2.41. The van der Waals surface area contributed by atoms with Crippen molar-refractivity contribution in [1.29, 1.82) is 0 Å². The predicted molar refractivity (Wildman–Crippen MR) is 36.1 cm³/mol. The van der Waals surface area contributed by atoms with Gasteiger partial charge in [0.2, 0.25) is 0 Å². The zero-order valence-corrected chi connectivity index (χ0v) is 5.72. The van der Waals surface area contributed by atoms with Gasteiger partial charge in [-0.05, 0) is 13.0 Å². The molecule has 1 aliphatic heterocycles. The van der Waals surface area contributed by atoms with Gasteiger partial charge < -0.3 is 10.4 Å². The van der Waals surface area contributed by atoms with E-state index in [4.69, 9.17) is 5.11 Å². The fraction of sp³-hybridized carbons (Fsp3) is 1.00. The smallest absolute Gasteiger partial charge is 0.121 e. The number of aliphatic hydroxyl groups is 1. The van der Waals surface area contributed by atoms with Crippen molar-refractivity contribution in [3.63, 3.8) is 0 Å². The van der Waals surface area contributed by atoms with Crippen LogP contribution in [0, 0.1) is 0 Å². The van der Waals surface area contributed by atoms with Crippen molar-refractivity contribution in [2.75, 3.05) is 13.1 Å². The van der Waals surface area contributed by atoms with E-state index in [2.05, 4.69) is 17.6 Å². The quantitative estimate of drug-likeness (QED) is 0.347. The second-order valence-electron chi connectivity index (χ2n) is 2.41. The van der Waals surface area contributed by atoms with E-state index in [0.717, 1.165) is 19.5 Å². The molecule has 54 valence electrons. The molecular weight excluding hydrogens is 116 g/mol. The average Bonchev–Trinajstić information content (AvgIpc) is 2.63. The summed E-state index contributed by atoms with van der Waals surface area (Å²) in [6.07, 6.45) is 0.744. The van der Waals surface area contributed by atoms with Crippen LogP contribution >= 0.6 is 0 Å². The van der Waals surface area contributed by atoms with Crippen LogP contribution in [0.5, 0.6) is 0 Å². The predicted octanol–water partition coefficient (Wildman–Crippen LogP) is -0.724. The first kappa shape index (κ1) is 6.99. The summed E-state index contributed by atoms with van der Waals surface area (Å²) in [5.41, 5.74) is 0. The SMILES string of the molecule is CCCNC(O)C1CN1. The summed E-state index contributed by atoms with van der Waals surface area (Å²) in [5, 5.41) is 15.2. The van der Waals surface area contributed by atoms with Gasteiger partial charge in [-0.25, -0.2) is 0 Å². The molecule has 0 radical (unpaired) electrons.